The molecule has 0 aliphatic heterocycles. The van der Waals surface area contributed by atoms with Crippen LogP contribution in [0.3, 0.4) is 0 Å². The Morgan fingerprint density at radius 2 is 1.78 bits per heavy atom. The van der Waals surface area contributed by atoms with Gasteiger partial charge in [0.05, 0.1) is 10.5 Å². The smallest absolute Gasteiger partial charge is 0.240 e. The summed E-state index contributed by atoms with van der Waals surface area (Å²) in [6, 6.07) is 2.06. The fourth-order valence-corrected chi connectivity index (χ4v) is 2.92. The molecular formula is C11H13F2NO3S. The SMILES string of the molecule is O=S(=O)(NCC1(O)CCC1)c1cc(F)cc(F)c1. The van der Waals surface area contributed by atoms with Crippen LogP contribution in [0.15, 0.2) is 23.1 Å². The number of benzene rings is 1. The Hall–Kier alpha value is -1.05. The summed E-state index contributed by atoms with van der Waals surface area (Å²) in [5.74, 6) is -1.92. The molecule has 0 saturated heterocycles. The summed E-state index contributed by atoms with van der Waals surface area (Å²) in [5, 5.41) is 9.75. The van der Waals surface area contributed by atoms with Crippen molar-refractivity contribution in [1.29, 1.82) is 0 Å². The molecule has 0 atom stereocenters. The first kappa shape index (κ1) is 13.4. The minimum Gasteiger partial charge on any atom is -0.389 e. The highest BCUT2D eigenvalue weighted by Crippen LogP contribution is 2.31. The van der Waals surface area contributed by atoms with Crippen LogP contribution < -0.4 is 4.72 Å². The summed E-state index contributed by atoms with van der Waals surface area (Å²) in [7, 11) is -4.00. The number of hydrogen-bond donors (Lipinski definition) is 2. The Kier molecular flexibility index (Phi) is 3.39. The normalized spacial score (nSPS) is 18.4. The molecular weight excluding hydrogens is 264 g/mol. The lowest BCUT2D eigenvalue weighted by Crippen LogP contribution is -2.47. The third-order valence-electron chi connectivity index (χ3n) is 3.02. The lowest BCUT2D eigenvalue weighted by Gasteiger charge is -2.36. The maximum atomic E-state index is 12.9. The third-order valence-corrected chi connectivity index (χ3v) is 4.40. The molecule has 7 heteroatoms. The van der Waals surface area contributed by atoms with E-state index in [9.17, 15) is 22.3 Å². The molecule has 0 unspecified atom stereocenters. The summed E-state index contributed by atoms with van der Waals surface area (Å²) >= 11 is 0. The first-order valence-electron chi connectivity index (χ1n) is 5.49. The number of nitrogens with one attached hydrogen (secondary N) is 1. The number of sulfonamides is 1. The van der Waals surface area contributed by atoms with Crippen molar-refractivity contribution in [2.24, 2.45) is 0 Å². The average molecular weight is 277 g/mol. The van der Waals surface area contributed by atoms with Crippen LogP contribution in [-0.2, 0) is 10.0 Å². The highest BCUT2D eigenvalue weighted by molar-refractivity contribution is 7.89. The highest BCUT2D eigenvalue weighted by atomic mass is 32.2. The van der Waals surface area contributed by atoms with Gasteiger partial charge in [-0.15, -0.1) is 0 Å². The molecule has 100 valence electrons. The Bertz CT molecular complexity index is 535. The second kappa shape index (κ2) is 4.56. The zero-order valence-electron chi connectivity index (χ0n) is 9.49. The Balaban J connectivity index is 2.14. The van der Waals surface area contributed by atoms with Crippen molar-refractivity contribution in [2.75, 3.05) is 6.54 Å². The van der Waals surface area contributed by atoms with E-state index in [2.05, 4.69) is 4.72 Å². The quantitative estimate of drug-likeness (QED) is 0.868. The maximum Gasteiger partial charge on any atom is 0.240 e. The van der Waals surface area contributed by atoms with E-state index in [0.717, 1.165) is 18.6 Å². The third kappa shape index (κ3) is 2.85. The van der Waals surface area contributed by atoms with Gasteiger partial charge in [0.15, 0.2) is 0 Å². The molecule has 2 N–H and O–H groups in total. The van der Waals surface area contributed by atoms with E-state index in [0.29, 0.717) is 18.9 Å². The fraction of sp³-hybridized carbons (Fsp3) is 0.455. The summed E-state index contributed by atoms with van der Waals surface area (Å²) in [6.07, 6.45) is 1.88. The molecule has 0 heterocycles. The molecule has 0 bridgehead atoms. The molecule has 1 aliphatic rings. The zero-order valence-corrected chi connectivity index (χ0v) is 10.3. The highest BCUT2D eigenvalue weighted by Gasteiger charge is 2.35. The average Bonchev–Trinajstić information content (AvgIpc) is 2.22. The van der Waals surface area contributed by atoms with Crippen LogP contribution in [0.2, 0.25) is 0 Å². The second-order valence-electron chi connectivity index (χ2n) is 4.51. The maximum absolute atomic E-state index is 12.9. The largest absolute Gasteiger partial charge is 0.389 e. The molecule has 0 spiro atoms. The molecule has 0 aromatic heterocycles. The Labute approximate surface area is 104 Å². The van der Waals surface area contributed by atoms with Crippen molar-refractivity contribution in [2.45, 2.75) is 29.8 Å². The summed E-state index contributed by atoms with van der Waals surface area (Å²) in [5.41, 5.74) is -1.03. The minimum atomic E-state index is -4.00. The predicted molar refractivity (Wildman–Crippen MR) is 60.3 cm³/mol. The monoisotopic (exact) mass is 277 g/mol. The van der Waals surface area contributed by atoms with Gasteiger partial charge in [-0.1, -0.05) is 0 Å². The van der Waals surface area contributed by atoms with Gasteiger partial charge in [-0.05, 0) is 31.4 Å². The van der Waals surface area contributed by atoms with Gasteiger partial charge in [-0.2, -0.15) is 0 Å². The zero-order chi connectivity index (χ0) is 13.4. The van der Waals surface area contributed by atoms with Gasteiger partial charge in [0.1, 0.15) is 11.6 Å². The molecule has 2 rings (SSSR count). The first-order chi connectivity index (χ1) is 8.31. The van der Waals surface area contributed by atoms with Gasteiger partial charge in [-0.25, -0.2) is 21.9 Å². The van der Waals surface area contributed by atoms with E-state index in [4.69, 9.17) is 0 Å². The number of rotatable bonds is 4. The van der Waals surface area contributed by atoms with Crippen molar-refractivity contribution in [3.05, 3.63) is 29.8 Å². The van der Waals surface area contributed by atoms with Crippen LogP contribution in [0.25, 0.3) is 0 Å². The van der Waals surface area contributed by atoms with E-state index in [-0.39, 0.29) is 6.54 Å². The van der Waals surface area contributed by atoms with Crippen molar-refractivity contribution >= 4 is 10.0 Å². The van der Waals surface area contributed by atoms with E-state index in [1.807, 2.05) is 0 Å². The van der Waals surface area contributed by atoms with Crippen LogP contribution in [0, 0.1) is 11.6 Å². The van der Waals surface area contributed by atoms with Crippen molar-refractivity contribution < 1.29 is 22.3 Å². The molecule has 1 aliphatic carbocycles. The first-order valence-corrected chi connectivity index (χ1v) is 6.97. The van der Waals surface area contributed by atoms with Crippen molar-refractivity contribution in [1.82, 2.24) is 4.72 Å². The number of halogens is 2. The van der Waals surface area contributed by atoms with E-state index < -0.39 is 32.2 Å². The second-order valence-corrected chi connectivity index (χ2v) is 6.27. The van der Waals surface area contributed by atoms with Gasteiger partial charge in [-0.3, -0.25) is 0 Å². The molecule has 0 amide bonds. The van der Waals surface area contributed by atoms with Gasteiger partial charge in [0.25, 0.3) is 0 Å². The van der Waals surface area contributed by atoms with Crippen LogP contribution in [0.5, 0.6) is 0 Å². The van der Waals surface area contributed by atoms with Gasteiger partial charge in [0, 0.05) is 12.6 Å². The van der Waals surface area contributed by atoms with Crippen LogP contribution in [0.1, 0.15) is 19.3 Å². The van der Waals surface area contributed by atoms with E-state index >= 15 is 0 Å². The summed E-state index contributed by atoms with van der Waals surface area (Å²) in [6.45, 7) is -0.145. The molecule has 18 heavy (non-hydrogen) atoms. The fourth-order valence-electron chi connectivity index (χ4n) is 1.76. The van der Waals surface area contributed by atoms with Crippen LogP contribution in [-0.4, -0.2) is 25.7 Å². The van der Waals surface area contributed by atoms with Gasteiger partial charge >= 0.3 is 0 Å². The standard InChI is InChI=1S/C11H13F2NO3S/c12-8-4-9(13)6-10(5-8)18(16,17)14-7-11(15)2-1-3-11/h4-6,14-15H,1-3,7H2. The van der Waals surface area contributed by atoms with E-state index in [1.54, 1.807) is 0 Å². The number of hydrogen-bond acceptors (Lipinski definition) is 3. The van der Waals surface area contributed by atoms with Crippen molar-refractivity contribution in [3.63, 3.8) is 0 Å². The molecule has 1 saturated carbocycles. The number of aliphatic hydroxyl groups is 1. The van der Waals surface area contributed by atoms with Crippen LogP contribution in [0.4, 0.5) is 8.78 Å². The molecule has 1 aromatic rings. The van der Waals surface area contributed by atoms with Gasteiger partial charge < -0.3 is 5.11 Å². The molecule has 4 nitrogen and oxygen atoms in total. The van der Waals surface area contributed by atoms with Gasteiger partial charge in [0.2, 0.25) is 10.0 Å². The van der Waals surface area contributed by atoms with Crippen LogP contribution >= 0.6 is 0 Å². The summed E-state index contributed by atoms with van der Waals surface area (Å²) < 4.78 is 51.6. The Morgan fingerprint density at radius 3 is 2.22 bits per heavy atom. The minimum absolute atomic E-state index is 0.145. The summed E-state index contributed by atoms with van der Waals surface area (Å²) in [4.78, 5) is -0.483. The topological polar surface area (TPSA) is 66.4 Å². The lowest BCUT2D eigenvalue weighted by molar-refractivity contribution is -0.0270. The molecule has 0 radical (unpaired) electrons. The van der Waals surface area contributed by atoms with Crippen molar-refractivity contribution in [3.8, 4) is 0 Å². The Morgan fingerprint density at radius 1 is 1.22 bits per heavy atom. The predicted octanol–water partition coefficient (Wildman–Crippen LogP) is 1.16. The molecule has 1 fully saturated rings. The van der Waals surface area contributed by atoms with E-state index in [1.165, 1.54) is 0 Å². The lowest BCUT2D eigenvalue weighted by atomic mass is 9.81. The molecule has 1 aromatic carbocycles.